The minimum Gasteiger partial charge on any atom is -0.452 e. The van der Waals surface area contributed by atoms with Crippen LogP contribution >= 0.6 is 34.8 Å². The minimum absolute atomic E-state index is 0.121. The van der Waals surface area contributed by atoms with Crippen molar-refractivity contribution in [3.63, 3.8) is 0 Å². The summed E-state index contributed by atoms with van der Waals surface area (Å²) >= 11 is 18.1. The molecule has 0 fully saturated rings. The fourth-order valence-corrected chi connectivity index (χ4v) is 3.46. The molecule has 0 unspecified atom stereocenters. The van der Waals surface area contributed by atoms with Crippen LogP contribution in [0.1, 0.15) is 22.4 Å². The van der Waals surface area contributed by atoms with Gasteiger partial charge in [-0.2, -0.15) is 5.10 Å². The monoisotopic (exact) mass is 492 g/mol. The molecular formula is C22H19Cl3N4O3. The number of anilines is 1. The molecule has 2 heterocycles. The van der Waals surface area contributed by atoms with Gasteiger partial charge < -0.3 is 10.1 Å². The first-order valence-electron chi connectivity index (χ1n) is 9.47. The van der Waals surface area contributed by atoms with Gasteiger partial charge in [0.05, 0.1) is 22.3 Å². The quantitative estimate of drug-likeness (QED) is 0.366. The van der Waals surface area contributed by atoms with Gasteiger partial charge in [0.15, 0.2) is 12.4 Å². The Morgan fingerprint density at radius 3 is 2.56 bits per heavy atom. The Kier molecular flexibility index (Phi) is 7.90. The molecule has 0 atom stereocenters. The lowest BCUT2D eigenvalue weighted by atomic mass is 10.1. The summed E-state index contributed by atoms with van der Waals surface area (Å²) in [6.07, 6.45) is 4.03. The zero-order valence-corrected chi connectivity index (χ0v) is 19.5. The maximum absolute atomic E-state index is 12.0. The first-order valence-corrected chi connectivity index (χ1v) is 10.6. The van der Waals surface area contributed by atoms with Crippen LogP contribution in [0.15, 0.2) is 42.6 Å². The van der Waals surface area contributed by atoms with E-state index in [1.54, 1.807) is 11.6 Å². The molecule has 0 bridgehead atoms. The van der Waals surface area contributed by atoms with E-state index in [4.69, 9.17) is 39.5 Å². The van der Waals surface area contributed by atoms with Crippen LogP contribution in [0.2, 0.25) is 15.2 Å². The summed E-state index contributed by atoms with van der Waals surface area (Å²) < 4.78 is 6.61. The molecule has 1 amide bonds. The van der Waals surface area contributed by atoms with Gasteiger partial charge in [0.2, 0.25) is 0 Å². The average Bonchev–Trinajstić information content (AvgIpc) is 3.01. The number of halogens is 3. The van der Waals surface area contributed by atoms with Gasteiger partial charge in [-0.3, -0.25) is 4.79 Å². The molecule has 0 saturated carbocycles. The predicted octanol–water partition coefficient (Wildman–Crippen LogP) is 5.10. The Labute approximate surface area is 199 Å². The molecule has 3 rings (SSSR count). The van der Waals surface area contributed by atoms with Gasteiger partial charge in [-0.1, -0.05) is 64.6 Å². The van der Waals surface area contributed by atoms with Gasteiger partial charge in [-0.25, -0.2) is 14.5 Å². The van der Waals surface area contributed by atoms with Crippen molar-refractivity contribution in [2.45, 2.75) is 20.4 Å². The normalized spacial score (nSPS) is 11.0. The Bertz CT molecular complexity index is 1170. The van der Waals surface area contributed by atoms with Crippen LogP contribution in [0.5, 0.6) is 0 Å². The van der Waals surface area contributed by atoms with Crippen LogP contribution in [0.3, 0.4) is 0 Å². The van der Waals surface area contributed by atoms with Crippen molar-refractivity contribution in [3.8, 4) is 0 Å². The minimum atomic E-state index is -0.711. The number of aromatic nitrogens is 3. The fraction of sp³-hybridized carbons (Fsp3) is 0.182. The number of nitrogens with zero attached hydrogens (tertiary/aromatic N) is 3. The van der Waals surface area contributed by atoms with Gasteiger partial charge in [0.1, 0.15) is 5.15 Å². The molecule has 0 aliphatic carbocycles. The van der Waals surface area contributed by atoms with Crippen molar-refractivity contribution in [2.24, 2.45) is 0 Å². The second-order valence-corrected chi connectivity index (χ2v) is 8.11. The van der Waals surface area contributed by atoms with E-state index in [9.17, 15) is 9.59 Å². The summed E-state index contributed by atoms with van der Waals surface area (Å²) in [4.78, 5) is 27.9. The van der Waals surface area contributed by atoms with Crippen LogP contribution in [-0.4, -0.2) is 33.2 Å². The molecule has 32 heavy (non-hydrogen) atoms. The van der Waals surface area contributed by atoms with E-state index in [1.165, 1.54) is 30.0 Å². The number of benzene rings is 1. The maximum atomic E-state index is 12.0. The van der Waals surface area contributed by atoms with Gasteiger partial charge >= 0.3 is 5.97 Å². The largest absolute Gasteiger partial charge is 0.452 e. The highest BCUT2D eigenvalue weighted by Crippen LogP contribution is 2.23. The SMILES string of the molecule is Cc1ccc(Cn2nc(C)c(/C=C/C(=O)OCC(=O)Nc3ncc(Cl)cc3Cl)c2Cl)cc1. The lowest BCUT2D eigenvalue weighted by Crippen LogP contribution is -2.20. The molecule has 0 aliphatic rings. The van der Waals surface area contributed by atoms with E-state index in [-0.39, 0.29) is 10.8 Å². The lowest BCUT2D eigenvalue weighted by Gasteiger charge is -2.06. The predicted molar refractivity (Wildman–Crippen MR) is 125 cm³/mol. The second-order valence-electron chi connectivity index (χ2n) is 6.91. The smallest absolute Gasteiger partial charge is 0.331 e. The number of esters is 1. The number of rotatable bonds is 7. The highest BCUT2D eigenvalue weighted by Gasteiger charge is 2.13. The van der Waals surface area contributed by atoms with Crippen LogP contribution < -0.4 is 5.32 Å². The van der Waals surface area contributed by atoms with Crippen molar-refractivity contribution in [1.29, 1.82) is 0 Å². The topological polar surface area (TPSA) is 86.1 Å². The number of hydrogen-bond acceptors (Lipinski definition) is 5. The van der Waals surface area contributed by atoms with E-state index < -0.39 is 18.5 Å². The van der Waals surface area contributed by atoms with Crippen LogP contribution in [0.25, 0.3) is 6.08 Å². The summed E-state index contributed by atoms with van der Waals surface area (Å²) in [5.41, 5.74) is 3.47. The van der Waals surface area contributed by atoms with Crippen molar-refractivity contribution in [3.05, 3.63) is 80.2 Å². The molecule has 0 aliphatic heterocycles. The Morgan fingerprint density at radius 2 is 1.88 bits per heavy atom. The summed E-state index contributed by atoms with van der Waals surface area (Å²) in [7, 11) is 0. The number of carbonyl (C=O) groups is 2. The molecule has 3 aromatic rings. The van der Waals surface area contributed by atoms with E-state index in [2.05, 4.69) is 15.4 Å². The number of aryl methyl sites for hydroxylation is 2. The van der Waals surface area contributed by atoms with Crippen molar-refractivity contribution >= 4 is 58.6 Å². The van der Waals surface area contributed by atoms with E-state index in [0.29, 0.717) is 28.0 Å². The van der Waals surface area contributed by atoms with Crippen molar-refractivity contribution < 1.29 is 14.3 Å². The van der Waals surface area contributed by atoms with Crippen LogP contribution in [0.4, 0.5) is 5.82 Å². The third-order valence-corrected chi connectivity index (χ3v) is 5.25. The summed E-state index contributed by atoms with van der Waals surface area (Å²) in [5, 5.41) is 7.77. The molecule has 166 valence electrons. The molecule has 10 heteroatoms. The number of hydrogen-bond donors (Lipinski definition) is 1. The number of pyridine rings is 1. The Hall–Kier alpha value is -2.87. The zero-order valence-electron chi connectivity index (χ0n) is 17.2. The van der Waals surface area contributed by atoms with Crippen molar-refractivity contribution in [2.75, 3.05) is 11.9 Å². The summed E-state index contributed by atoms with van der Waals surface area (Å²) in [6, 6.07) is 9.49. The number of amides is 1. The molecule has 2 aromatic heterocycles. The summed E-state index contributed by atoms with van der Waals surface area (Å²) in [6.45, 7) is 3.80. The Balaban J connectivity index is 1.57. The van der Waals surface area contributed by atoms with E-state index in [0.717, 1.165) is 5.56 Å². The molecule has 7 nitrogen and oxygen atoms in total. The number of carbonyl (C=O) groups excluding carboxylic acids is 2. The van der Waals surface area contributed by atoms with Crippen molar-refractivity contribution in [1.82, 2.24) is 14.8 Å². The molecule has 0 spiro atoms. The maximum Gasteiger partial charge on any atom is 0.331 e. The van der Waals surface area contributed by atoms with Gasteiger partial charge in [0.25, 0.3) is 5.91 Å². The highest BCUT2D eigenvalue weighted by molar-refractivity contribution is 6.36. The zero-order chi connectivity index (χ0) is 23.3. The van der Waals surface area contributed by atoms with Gasteiger partial charge in [0, 0.05) is 17.8 Å². The third-order valence-electron chi connectivity index (χ3n) is 4.36. The summed E-state index contributed by atoms with van der Waals surface area (Å²) in [5.74, 6) is -1.18. The highest BCUT2D eigenvalue weighted by atomic mass is 35.5. The van der Waals surface area contributed by atoms with Gasteiger partial charge in [-0.05, 0) is 31.6 Å². The number of nitrogens with one attached hydrogen (secondary N) is 1. The molecule has 1 aromatic carbocycles. The second kappa shape index (κ2) is 10.6. The molecular weight excluding hydrogens is 475 g/mol. The first-order chi connectivity index (χ1) is 15.2. The van der Waals surface area contributed by atoms with Crippen LogP contribution in [-0.2, 0) is 20.9 Å². The number of ether oxygens (including phenoxy) is 1. The standard InChI is InChI=1S/C22H19Cl3N4O3/c1-13-3-5-15(6-4-13)11-29-21(25)17(14(2)28-29)7-8-20(31)32-12-19(30)27-22-18(24)9-16(23)10-26-22/h3-10H,11-12H2,1-2H3,(H,26,27,30)/b8-7+. The average molecular weight is 494 g/mol. The van der Waals surface area contributed by atoms with E-state index in [1.807, 2.05) is 31.2 Å². The van der Waals surface area contributed by atoms with Gasteiger partial charge in [-0.15, -0.1) is 0 Å². The molecule has 0 saturated heterocycles. The fourth-order valence-electron chi connectivity index (χ4n) is 2.74. The van der Waals surface area contributed by atoms with Crippen LogP contribution in [0, 0.1) is 13.8 Å². The Morgan fingerprint density at radius 1 is 1.16 bits per heavy atom. The molecule has 0 radical (unpaired) electrons. The molecule has 1 N–H and O–H groups in total. The first kappa shape index (κ1) is 23.8. The third kappa shape index (κ3) is 6.32. The van der Waals surface area contributed by atoms with E-state index >= 15 is 0 Å². The lowest BCUT2D eigenvalue weighted by molar-refractivity contribution is -0.142.